The first-order chi connectivity index (χ1) is 14.7. The van der Waals surface area contributed by atoms with Gasteiger partial charge in [-0.3, -0.25) is 10.1 Å². The minimum absolute atomic E-state index is 0.0871. The van der Waals surface area contributed by atoms with Crippen LogP contribution in [0.2, 0.25) is 0 Å². The number of halogens is 2. The van der Waals surface area contributed by atoms with Gasteiger partial charge in [-0.15, -0.1) is 0 Å². The van der Waals surface area contributed by atoms with Crippen molar-refractivity contribution in [1.29, 1.82) is 0 Å². The minimum atomic E-state index is -1.17. The second-order valence-corrected chi connectivity index (χ2v) is 8.53. The van der Waals surface area contributed by atoms with E-state index in [1.165, 1.54) is 12.6 Å². The molecule has 1 aromatic carbocycles. The number of carbonyl (C=O) groups is 2. The Balaban J connectivity index is 1.55. The highest BCUT2D eigenvalue weighted by atomic mass is 19.1. The van der Waals surface area contributed by atoms with Crippen molar-refractivity contribution < 1.29 is 23.1 Å². The van der Waals surface area contributed by atoms with Crippen LogP contribution in [-0.2, 0) is 0 Å². The van der Waals surface area contributed by atoms with Gasteiger partial charge in [-0.05, 0) is 55.2 Å². The highest BCUT2D eigenvalue weighted by molar-refractivity contribution is 6.08. The fraction of sp³-hybridized carbons (Fsp3) is 0.435. The molecule has 1 heterocycles. The topological polar surface area (TPSA) is 80.3 Å². The summed E-state index contributed by atoms with van der Waals surface area (Å²) in [7, 11) is 0. The van der Waals surface area contributed by atoms with Crippen LogP contribution in [0.1, 0.15) is 56.8 Å². The van der Waals surface area contributed by atoms with Crippen LogP contribution in [0, 0.1) is 23.0 Å². The van der Waals surface area contributed by atoms with Crippen molar-refractivity contribution in [1.82, 2.24) is 10.3 Å². The predicted octanol–water partition coefficient (Wildman–Crippen LogP) is 5.31. The second kappa shape index (κ2) is 9.41. The predicted molar refractivity (Wildman–Crippen MR) is 113 cm³/mol. The van der Waals surface area contributed by atoms with E-state index >= 15 is 0 Å². The van der Waals surface area contributed by atoms with Gasteiger partial charge in [-0.25, -0.2) is 18.6 Å². The van der Waals surface area contributed by atoms with Gasteiger partial charge < -0.3 is 10.1 Å². The van der Waals surface area contributed by atoms with Crippen molar-refractivity contribution in [3.05, 3.63) is 53.7 Å². The summed E-state index contributed by atoms with van der Waals surface area (Å²) < 4.78 is 33.3. The van der Waals surface area contributed by atoms with Crippen LogP contribution in [0.25, 0.3) is 0 Å². The zero-order chi connectivity index (χ0) is 22.6. The van der Waals surface area contributed by atoms with E-state index in [2.05, 4.69) is 31.1 Å². The zero-order valence-electron chi connectivity index (χ0n) is 17.9. The minimum Gasteiger partial charge on any atom is -0.474 e. The Morgan fingerprint density at radius 1 is 1.19 bits per heavy atom. The van der Waals surface area contributed by atoms with Crippen LogP contribution < -0.4 is 15.4 Å². The van der Waals surface area contributed by atoms with E-state index < -0.39 is 29.1 Å². The molecule has 2 N–H and O–H groups in total. The molecule has 1 aliphatic carbocycles. The molecule has 6 nitrogen and oxygen atoms in total. The first-order valence-electron chi connectivity index (χ1n) is 10.4. The highest BCUT2D eigenvalue weighted by Crippen LogP contribution is 2.42. The molecule has 1 saturated carbocycles. The van der Waals surface area contributed by atoms with Crippen molar-refractivity contribution >= 4 is 17.6 Å². The van der Waals surface area contributed by atoms with E-state index in [9.17, 15) is 18.4 Å². The van der Waals surface area contributed by atoms with E-state index in [0.717, 1.165) is 37.5 Å². The monoisotopic (exact) mass is 431 g/mol. The van der Waals surface area contributed by atoms with Gasteiger partial charge >= 0.3 is 6.03 Å². The fourth-order valence-corrected chi connectivity index (χ4v) is 3.82. The van der Waals surface area contributed by atoms with Gasteiger partial charge in [0.1, 0.15) is 23.3 Å². The van der Waals surface area contributed by atoms with Crippen molar-refractivity contribution in [3.63, 3.8) is 0 Å². The van der Waals surface area contributed by atoms with E-state index in [4.69, 9.17) is 4.74 Å². The van der Waals surface area contributed by atoms with Crippen LogP contribution in [-0.4, -0.2) is 23.0 Å². The molecule has 8 heteroatoms. The highest BCUT2D eigenvalue weighted by Gasteiger charge is 2.35. The number of imide groups is 1. The summed E-state index contributed by atoms with van der Waals surface area (Å²) in [6.45, 7) is 6.76. The van der Waals surface area contributed by atoms with E-state index in [-0.39, 0.29) is 11.5 Å². The maximum absolute atomic E-state index is 13.7. The number of ether oxygens (including phenoxy) is 1. The molecule has 1 aliphatic rings. The first kappa shape index (κ1) is 22.7. The number of rotatable bonds is 5. The van der Waals surface area contributed by atoms with Crippen LogP contribution in [0.3, 0.4) is 0 Å². The van der Waals surface area contributed by atoms with E-state index in [0.29, 0.717) is 17.5 Å². The lowest BCUT2D eigenvalue weighted by atomic mass is 9.67. The van der Waals surface area contributed by atoms with Crippen LogP contribution in [0.5, 0.6) is 5.88 Å². The van der Waals surface area contributed by atoms with Crippen LogP contribution >= 0.6 is 0 Å². The number of carbonyl (C=O) groups excluding carboxylic acids is 2. The van der Waals surface area contributed by atoms with Crippen molar-refractivity contribution in [2.24, 2.45) is 11.3 Å². The molecule has 1 aromatic heterocycles. The molecule has 31 heavy (non-hydrogen) atoms. The molecular weight excluding hydrogens is 404 g/mol. The molecule has 0 bridgehead atoms. The quantitative estimate of drug-likeness (QED) is 0.673. The Morgan fingerprint density at radius 3 is 2.52 bits per heavy atom. The maximum Gasteiger partial charge on any atom is 0.326 e. The molecule has 166 valence electrons. The molecule has 0 aliphatic heterocycles. The molecular formula is C23H27F2N3O3. The number of hydrogen-bond donors (Lipinski definition) is 2. The number of anilines is 1. The standard InChI is InChI=1S/C23H27F2N3O3/c1-14(2)23(3)11-5-6-16(12-23)31-19-10-9-15(13-26-19)27-22(30)28-21(29)20-17(24)7-4-8-18(20)25/h4,7-10,13-14,16H,5-6,11-12H2,1-3H3,(H2,27,28,29,30). The number of nitrogens with zero attached hydrogens (tertiary/aromatic N) is 1. The number of amides is 3. The Bertz CT molecular complexity index is 929. The van der Waals surface area contributed by atoms with Crippen LogP contribution in [0.15, 0.2) is 36.5 Å². The van der Waals surface area contributed by atoms with Gasteiger partial charge in [0, 0.05) is 6.07 Å². The summed E-state index contributed by atoms with van der Waals surface area (Å²) in [5.74, 6) is -2.26. The third kappa shape index (κ3) is 5.57. The Labute approximate surface area is 180 Å². The molecule has 0 radical (unpaired) electrons. The lowest BCUT2D eigenvalue weighted by Crippen LogP contribution is -2.36. The van der Waals surface area contributed by atoms with Gasteiger partial charge in [0.05, 0.1) is 11.9 Å². The van der Waals surface area contributed by atoms with Crippen molar-refractivity contribution in [3.8, 4) is 5.88 Å². The fourth-order valence-electron chi connectivity index (χ4n) is 3.82. The third-order valence-electron chi connectivity index (χ3n) is 6.06. The summed E-state index contributed by atoms with van der Waals surface area (Å²) in [5.41, 5.74) is -0.269. The number of nitrogens with one attached hydrogen (secondary N) is 2. The Morgan fingerprint density at radius 2 is 1.90 bits per heavy atom. The van der Waals surface area contributed by atoms with Crippen molar-refractivity contribution in [2.45, 2.75) is 52.6 Å². The van der Waals surface area contributed by atoms with Gasteiger partial charge in [0.15, 0.2) is 0 Å². The Hall–Kier alpha value is -3.03. The normalized spacial score (nSPS) is 20.9. The van der Waals surface area contributed by atoms with Gasteiger partial charge in [0.2, 0.25) is 5.88 Å². The van der Waals surface area contributed by atoms with Gasteiger partial charge in [0.25, 0.3) is 5.91 Å². The molecule has 0 saturated heterocycles. The third-order valence-corrected chi connectivity index (χ3v) is 6.06. The SMILES string of the molecule is CC(C)C1(C)CCCC(Oc2ccc(NC(=O)NC(=O)c3c(F)cccc3F)cn2)C1. The van der Waals surface area contributed by atoms with E-state index in [1.54, 1.807) is 12.1 Å². The number of pyridine rings is 1. The maximum atomic E-state index is 13.7. The first-order valence-corrected chi connectivity index (χ1v) is 10.4. The summed E-state index contributed by atoms with van der Waals surface area (Å²) in [6, 6.07) is 5.30. The zero-order valence-corrected chi connectivity index (χ0v) is 17.9. The van der Waals surface area contributed by atoms with Crippen molar-refractivity contribution in [2.75, 3.05) is 5.32 Å². The largest absolute Gasteiger partial charge is 0.474 e. The van der Waals surface area contributed by atoms with E-state index in [1.807, 2.05) is 5.32 Å². The molecule has 0 spiro atoms. The summed E-state index contributed by atoms with van der Waals surface area (Å²) in [5, 5.41) is 4.30. The van der Waals surface area contributed by atoms with Gasteiger partial charge in [-0.2, -0.15) is 0 Å². The smallest absolute Gasteiger partial charge is 0.326 e. The number of urea groups is 1. The average Bonchev–Trinajstić information content (AvgIpc) is 2.69. The van der Waals surface area contributed by atoms with Crippen LogP contribution in [0.4, 0.5) is 19.3 Å². The lowest BCUT2D eigenvalue weighted by Gasteiger charge is -2.41. The second-order valence-electron chi connectivity index (χ2n) is 8.53. The molecule has 2 unspecified atom stereocenters. The summed E-state index contributed by atoms with van der Waals surface area (Å²) >= 11 is 0. The molecule has 1 fully saturated rings. The Kier molecular flexibility index (Phi) is 6.87. The number of aromatic nitrogens is 1. The summed E-state index contributed by atoms with van der Waals surface area (Å²) in [4.78, 5) is 28.2. The average molecular weight is 431 g/mol. The summed E-state index contributed by atoms with van der Waals surface area (Å²) in [6.07, 6.45) is 5.71. The molecule has 3 amide bonds. The lowest BCUT2D eigenvalue weighted by molar-refractivity contribution is 0.0418. The molecule has 2 atom stereocenters. The van der Waals surface area contributed by atoms with Gasteiger partial charge in [-0.1, -0.05) is 26.8 Å². The number of hydrogen-bond acceptors (Lipinski definition) is 4. The molecule has 2 aromatic rings. The number of benzene rings is 1. The molecule has 3 rings (SSSR count).